The van der Waals surface area contributed by atoms with Gasteiger partial charge in [0.15, 0.2) is 0 Å². The smallest absolute Gasteiger partial charge is 0.251 e. The highest BCUT2D eigenvalue weighted by molar-refractivity contribution is 6.01. The Morgan fingerprint density at radius 1 is 1.05 bits per heavy atom. The normalized spacial score (nSPS) is 17.6. The Morgan fingerprint density at radius 3 is 2.48 bits per heavy atom. The topological polar surface area (TPSA) is 79.5 Å². The molecule has 208 valence electrons. The van der Waals surface area contributed by atoms with Gasteiger partial charge in [-0.2, -0.15) is 5.10 Å². The first-order valence-corrected chi connectivity index (χ1v) is 14.5. The van der Waals surface area contributed by atoms with E-state index >= 15 is 0 Å². The lowest BCUT2D eigenvalue weighted by Crippen LogP contribution is -2.52. The van der Waals surface area contributed by atoms with Gasteiger partial charge in [-0.25, -0.2) is 0 Å². The maximum atomic E-state index is 13.4. The van der Waals surface area contributed by atoms with E-state index in [4.69, 9.17) is 9.47 Å². The zero-order valence-corrected chi connectivity index (χ0v) is 23.3. The number of carbonyl (C=O) groups is 1. The Labute approximate surface area is 235 Å². The number of amides is 1. The van der Waals surface area contributed by atoms with Crippen LogP contribution in [0.2, 0.25) is 0 Å². The fourth-order valence-electron chi connectivity index (χ4n) is 5.73. The highest BCUT2D eigenvalue weighted by Crippen LogP contribution is 2.30. The molecule has 2 fully saturated rings. The molecule has 7 nitrogen and oxygen atoms in total. The van der Waals surface area contributed by atoms with Crippen molar-refractivity contribution < 1.29 is 14.3 Å². The third kappa shape index (κ3) is 5.91. The molecule has 2 N–H and O–H groups in total. The van der Waals surface area contributed by atoms with Crippen LogP contribution in [0.4, 0.5) is 0 Å². The number of hydrogen-bond donors (Lipinski definition) is 2. The number of benzene rings is 3. The van der Waals surface area contributed by atoms with Crippen molar-refractivity contribution in [1.82, 2.24) is 20.4 Å². The van der Waals surface area contributed by atoms with Gasteiger partial charge in [-0.05, 0) is 73.2 Å². The monoisotopic (exact) mass is 538 g/mol. The standard InChI is InChI=1S/C33H38N4O3/c1-22(2)18-31(23-6-4-3-5-7-23)34-33(38)25-10-13-30-29(19-25)32(36-35-30)24-8-11-27(12-9-24)40-28-14-16-37(17-15-28)26-20-39-21-26/h3-13,19,22,26,28,31H,14-18,20-21H2,1-2H3,(H,34,38)(H,35,36). The fourth-order valence-corrected chi connectivity index (χ4v) is 5.73. The van der Waals surface area contributed by atoms with E-state index in [0.29, 0.717) is 17.5 Å². The van der Waals surface area contributed by atoms with E-state index in [0.717, 1.165) is 79.0 Å². The molecule has 1 atom stereocenters. The van der Waals surface area contributed by atoms with Crippen molar-refractivity contribution in [3.8, 4) is 17.0 Å². The van der Waals surface area contributed by atoms with E-state index in [1.54, 1.807) is 0 Å². The second-order valence-corrected chi connectivity index (χ2v) is 11.5. The van der Waals surface area contributed by atoms with Crippen LogP contribution in [0.25, 0.3) is 22.2 Å². The maximum Gasteiger partial charge on any atom is 0.251 e. The Morgan fingerprint density at radius 2 is 1.80 bits per heavy atom. The Hall–Kier alpha value is -3.68. The van der Waals surface area contributed by atoms with E-state index in [1.165, 1.54) is 0 Å². The van der Waals surface area contributed by atoms with Crippen LogP contribution in [0, 0.1) is 5.92 Å². The molecule has 2 aliphatic heterocycles. The van der Waals surface area contributed by atoms with E-state index < -0.39 is 0 Å². The van der Waals surface area contributed by atoms with Gasteiger partial charge in [0, 0.05) is 29.6 Å². The quantitative estimate of drug-likeness (QED) is 0.274. The van der Waals surface area contributed by atoms with Gasteiger partial charge in [0.1, 0.15) is 11.9 Å². The average Bonchev–Trinajstić information content (AvgIpc) is 3.37. The van der Waals surface area contributed by atoms with Gasteiger partial charge in [0.2, 0.25) is 0 Å². The number of likely N-dealkylation sites (tertiary alicyclic amines) is 1. The Kier molecular flexibility index (Phi) is 7.84. The number of nitrogens with one attached hydrogen (secondary N) is 2. The van der Waals surface area contributed by atoms with Gasteiger partial charge in [0.25, 0.3) is 5.91 Å². The molecule has 7 heteroatoms. The summed E-state index contributed by atoms with van der Waals surface area (Å²) in [6.45, 7) is 8.22. The van der Waals surface area contributed by atoms with Crippen LogP contribution in [-0.2, 0) is 4.74 Å². The van der Waals surface area contributed by atoms with E-state index in [1.807, 2.05) is 60.7 Å². The number of fused-ring (bicyclic) bond motifs is 1. The molecule has 6 rings (SSSR count). The number of piperidine rings is 1. The molecular formula is C33H38N4O3. The summed E-state index contributed by atoms with van der Waals surface area (Å²) in [5.74, 6) is 1.25. The van der Waals surface area contributed by atoms with Gasteiger partial charge < -0.3 is 14.8 Å². The summed E-state index contributed by atoms with van der Waals surface area (Å²) in [5.41, 5.74) is 4.46. The lowest BCUT2D eigenvalue weighted by Gasteiger charge is -2.41. The first kappa shape index (κ1) is 26.5. The molecule has 0 spiro atoms. The molecule has 40 heavy (non-hydrogen) atoms. The van der Waals surface area contributed by atoms with Crippen LogP contribution in [0.1, 0.15) is 55.1 Å². The van der Waals surface area contributed by atoms with Crippen molar-refractivity contribution in [2.45, 2.75) is 51.3 Å². The summed E-state index contributed by atoms with van der Waals surface area (Å²) in [5, 5.41) is 11.9. The molecule has 4 aromatic rings. The zero-order chi connectivity index (χ0) is 27.5. The van der Waals surface area contributed by atoms with Crippen molar-refractivity contribution in [2.24, 2.45) is 5.92 Å². The number of H-pyrrole nitrogens is 1. The minimum absolute atomic E-state index is 0.0415. The minimum atomic E-state index is -0.0804. The first-order chi connectivity index (χ1) is 19.5. The molecule has 1 amide bonds. The highest BCUT2D eigenvalue weighted by atomic mass is 16.5. The van der Waals surface area contributed by atoms with E-state index in [2.05, 4.69) is 46.4 Å². The Bertz CT molecular complexity index is 1420. The summed E-state index contributed by atoms with van der Waals surface area (Å²) in [6.07, 6.45) is 3.19. The minimum Gasteiger partial charge on any atom is -0.490 e. The van der Waals surface area contributed by atoms with Gasteiger partial charge in [-0.1, -0.05) is 44.2 Å². The third-order valence-electron chi connectivity index (χ3n) is 8.08. The van der Waals surface area contributed by atoms with Crippen molar-refractivity contribution in [1.29, 1.82) is 0 Å². The predicted octanol–water partition coefficient (Wildman–Crippen LogP) is 5.99. The van der Waals surface area contributed by atoms with E-state index in [-0.39, 0.29) is 18.1 Å². The summed E-state index contributed by atoms with van der Waals surface area (Å²) in [4.78, 5) is 15.9. The van der Waals surface area contributed by atoms with Crippen LogP contribution in [0.3, 0.4) is 0 Å². The molecule has 0 aliphatic carbocycles. The maximum absolute atomic E-state index is 13.4. The highest BCUT2D eigenvalue weighted by Gasteiger charge is 2.30. The second kappa shape index (κ2) is 11.8. The average molecular weight is 539 g/mol. The summed E-state index contributed by atoms with van der Waals surface area (Å²) in [6, 6.07) is 24.6. The second-order valence-electron chi connectivity index (χ2n) is 11.5. The van der Waals surface area contributed by atoms with Crippen molar-refractivity contribution in [3.05, 3.63) is 83.9 Å². The molecule has 0 bridgehead atoms. The SMILES string of the molecule is CC(C)CC(NC(=O)c1ccc2[nH]nc(-c3ccc(OC4CCN(C5COC5)CC4)cc3)c2c1)c1ccccc1. The van der Waals surface area contributed by atoms with Crippen LogP contribution in [0.5, 0.6) is 5.75 Å². The molecule has 3 heterocycles. The number of rotatable bonds is 9. The summed E-state index contributed by atoms with van der Waals surface area (Å²) >= 11 is 0. The number of nitrogens with zero attached hydrogens (tertiary/aromatic N) is 2. The zero-order valence-electron chi connectivity index (χ0n) is 23.3. The molecule has 2 aliphatic rings. The predicted molar refractivity (Wildman–Crippen MR) is 157 cm³/mol. The number of aromatic nitrogens is 2. The number of carbonyl (C=O) groups excluding carboxylic acids is 1. The van der Waals surface area contributed by atoms with Gasteiger partial charge in [0.05, 0.1) is 36.5 Å². The lowest BCUT2D eigenvalue weighted by atomic mass is 9.96. The molecule has 0 saturated carbocycles. The van der Waals surface area contributed by atoms with Crippen molar-refractivity contribution in [3.63, 3.8) is 0 Å². The van der Waals surface area contributed by atoms with Crippen LogP contribution >= 0.6 is 0 Å². The lowest BCUT2D eigenvalue weighted by molar-refractivity contribution is -0.0778. The molecule has 1 unspecified atom stereocenters. The van der Waals surface area contributed by atoms with Gasteiger partial charge in [-0.15, -0.1) is 0 Å². The summed E-state index contributed by atoms with van der Waals surface area (Å²) in [7, 11) is 0. The van der Waals surface area contributed by atoms with E-state index in [9.17, 15) is 4.79 Å². The molecule has 2 saturated heterocycles. The number of ether oxygens (including phenoxy) is 2. The molecule has 3 aromatic carbocycles. The molecule has 1 aromatic heterocycles. The van der Waals surface area contributed by atoms with Crippen molar-refractivity contribution >= 4 is 16.8 Å². The summed E-state index contributed by atoms with van der Waals surface area (Å²) < 4.78 is 11.6. The van der Waals surface area contributed by atoms with Crippen LogP contribution in [-0.4, -0.2) is 59.5 Å². The van der Waals surface area contributed by atoms with Crippen LogP contribution < -0.4 is 10.1 Å². The Balaban J connectivity index is 1.14. The van der Waals surface area contributed by atoms with Gasteiger partial charge in [-0.3, -0.25) is 14.8 Å². The largest absolute Gasteiger partial charge is 0.490 e. The van der Waals surface area contributed by atoms with Crippen molar-refractivity contribution in [2.75, 3.05) is 26.3 Å². The number of aromatic amines is 1. The van der Waals surface area contributed by atoms with Gasteiger partial charge >= 0.3 is 0 Å². The van der Waals surface area contributed by atoms with Crippen LogP contribution in [0.15, 0.2) is 72.8 Å². The molecule has 0 radical (unpaired) electrons. The molecular weight excluding hydrogens is 500 g/mol. The fraction of sp³-hybridized carbons (Fsp3) is 0.394. The first-order valence-electron chi connectivity index (χ1n) is 14.5. The third-order valence-corrected chi connectivity index (χ3v) is 8.08. The number of hydrogen-bond acceptors (Lipinski definition) is 5.